The Morgan fingerprint density at radius 3 is 2.67 bits per heavy atom. The van der Waals surface area contributed by atoms with E-state index in [1.807, 2.05) is 18.3 Å². The quantitative estimate of drug-likeness (QED) is 0.654. The molecule has 0 bridgehead atoms. The SMILES string of the molecule is O=C(Cn1ccc(=O)[nH]c1=O)NCCCn1ccc2ccccc21. The fourth-order valence-electron chi connectivity index (χ4n) is 2.59. The van der Waals surface area contributed by atoms with Gasteiger partial charge in [0.2, 0.25) is 5.91 Å². The average molecular weight is 326 g/mol. The number of fused-ring (bicyclic) bond motifs is 1. The van der Waals surface area contributed by atoms with Crippen molar-refractivity contribution in [3.8, 4) is 0 Å². The summed E-state index contributed by atoms with van der Waals surface area (Å²) < 4.78 is 3.31. The van der Waals surface area contributed by atoms with Gasteiger partial charge in [0.15, 0.2) is 0 Å². The Bertz CT molecular complexity index is 967. The number of H-pyrrole nitrogens is 1. The van der Waals surface area contributed by atoms with Crippen LogP contribution in [0.3, 0.4) is 0 Å². The van der Waals surface area contributed by atoms with Crippen molar-refractivity contribution in [2.75, 3.05) is 6.54 Å². The van der Waals surface area contributed by atoms with E-state index < -0.39 is 11.2 Å². The van der Waals surface area contributed by atoms with Gasteiger partial charge in [-0.25, -0.2) is 4.79 Å². The lowest BCUT2D eigenvalue weighted by Crippen LogP contribution is -2.35. The zero-order chi connectivity index (χ0) is 16.9. The van der Waals surface area contributed by atoms with Crippen LogP contribution in [0, 0.1) is 0 Å². The zero-order valence-corrected chi connectivity index (χ0v) is 13.1. The molecule has 24 heavy (non-hydrogen) atoms. The number of aromatic nitrogens is 3. The molecule has 3 aromatic rings. The number of rotatable bonds is 6. The summed E-state index contributed by atoms with van der Waals surface area (Å²) in [6.07, 6.45) is 4.13. The minimum absolute atomic E-state index is 0.109. The van der Waals surface area contributed by atoms with Crippen molar-refractivity contribution in [1.82, 2.24) is 19.4 Å². The molecule has 7 heteroatoms. The number of nitrogens with zero attached hydrogens (tertiary/aromatic N) is 2. The Balaban J connectivity index is 1.48. The smallest absolute Gasteiger partial charge is 0.328 e. The zero-order valence-electron chi connectivity index (χ0n) is 13.1. The van der Waals surface area contributed by atoms with Crippen molar-refractivity contribution in [2.24, 2.45) is 0 Å². The van der Waals surface area contributed by atoms with Crippen LogP contribution >= 0.6 is 0 Å². The molecule has 0 fully saturated rings. The van der Waals surface area contributed by atoms with E-state index in [9.17, 15) is 14.4 Å². The van der Waals surface area contributed by atoms with Gasteiger partial charge < -0.3 is 9.88 Å². The maximum atomic E-state index is 11.9. The van der Waals surface area contributed by atoms with Gasteiger partial charge >= 0.3 is 5.69 Å². The van der Waals surface area contributed by atoms with Crippen LogP contribution in [-0.2, 0) is 17.9 Å². The van der Waals surface area contributed by atoms with Crippen LogP contribution in [0.25, 0.3) is 10.9 Å². The Labute approximate surface area is 137 Å². The summed E-state index contributed by atoms with van der Waals surface area (Å²) in [7, 11) is 0. The van der Waals surface area contributed by atoms with Crippen LogP contribution in [0.2, 0.25) is 0 Å². The topological polar surface area (TPSA) is 88.9 Å². The number of aromatic amines is 1. The molecule has 0 aliphatic heterocycles. The predicted molar refractivity (Wildman–Crippen MR) is 90.9 cm³/mol. The van der Waals surface area contributed by atoms with Gasteiger partial charge in [-0.2, -0.15) is 0 Å². The molecule has 0 atom stereocenters. The normalized spacial score (nSPS) is 10.8. The maximum absolute atomic E-state index is 11.9. The number of carbonyl (C=O) groups is 1. The van der Waals surface area contributed by atoms with Crippen LogP contribution in [0.15, 0.2) is 58.4 Å². The lowest BCUT2D eigenvalue weighted by Gasteiger charge is -2.08. The Kier molecular flexibility index (Phi) is 4.60. The largest absolute Gasteiger partial charge is 0.354 e. The summed E-state index contributed by atoms with van der Waals surface area (Å²) in [5, 5.41) is 3.97. The summed E-state index contributed by atoms with van der Waals surface area (Å²) in [6.45, 7) is 1.21. The Morgan fingerprint density at radius 2 is 1.83 bits per heavy atom. The number of benzene rings is 1. The fourth-order valence-corrected chi connectivity index (χ4v) is 2.59. The van der Waals surface area contributed by atoms with Crippen molar-refractivity contribution in [3.63, 3.8) is 0 Å². The first kappa shape index (κ1) is 15.8. The highest BCUT2D eigenvalue weighted by Crippen LogP contribution is 2.15. The molecule has 0 unspecified atom stereocenters. The van der Waals surface area contributed by atoms with Crippen molar-refractivity contribution in [3.05, 3.63) is 69.6 Å². The minimum atomic E-state index is -0.587. The molecular weight excluding hydrogens is 308 g/mol. The molecule has 1 aromatic carbocycles. The molecule has 0 saturated carbocycles. The second-order valence-corrected chi connectivity index (χ2v) is 5.51. The third-order valence-corrected chi connectivity index (χ3v) is 3.79. The molecule has 2 aromatic heterocycles. The number of carbonyl (C=O) groups excluding carboxylic acids is 1. The lowest BCUT2D eigenvalue weighted by atomic mass is 10.2. The first-order valence-corrected chi connectivity index (χ1v) is 7.74. The standard InChI is InChI=1S/C17H18N4O3/c22-15-7-11-21(17(24)19-15)12-16(23)18-8-3-9-20-10-6-13-4-1-2-5-14(13)20/h1-2,4-7,10-11H,3,8-9,12H2,(H,18,23)(H,19,22,24). The minimum Gasteiger partial charge on any atom is -0.354 e. The van der Waals surface area contributed by atoms with E-state index in [0.29, 0.717) is 6.54 Å². The van der Waals surface area contributed by atoms with Gasteiger partial charge in [0.05, 0.1) is 0 Å². The van der Waals surface area contributed by atoms with E-state index in [0.717, 1.165) is 17.5 Å². The summed E-state index contributed by atoms with van der Waals surface area (Å²) >= 11 is 0. The molecule has 0 aliphatic rings. The van der Waals surface area contributed by atoms with Crippen molar-refractivity contribution >= 4 is 16.8 Å². The predicted octanol–water partition coefficient (Wildman–Crippen LogP) is 0.698. The van der Waals surface area contributed by atoms with E-state index in [1.165, 1.54) is 23.2 Å². The van der Waals surface area contributed by atoms with E-state index in [2.05, 4.69) is 33.1 Å². The van der Waals surface area contributed by atoms with Crippen molar-refractivity contribution in [2.45, 2.75) is 19.5 Å². The van der Waals surface area contributed by atoms with Crippen LogP contribution in [0.4, 0.5) is 0 Å². The van der Waals surface area contributed by atoms with Crippen molar-refractivity contribution < 1.29 is 4.79 Å². The number of para-hydroxylation sites is 1. The first-order chi connectivity index (χ1) is 11.6. The number of hydrogen-bond donors (Lipinski definition) is 2. The van der Waals surface area contributed by atoms with Crippen molar-refractivity contribution in [1.29, 1.82) is 0 Å². The lowest BCUT2D eigenvalue weighted by molar-refractivity contribution is -0.121. The van der Waals surface area contributed by atoms with E-state index in [-0.39, 0.29) is 12.5 Å². The molecule has 2 N–H and O–H groups in total. The maximum Gasteiger partial charge on any atom is 0.328 e. The van der Waals surface area contributed by atoms with E-state index in [4.69, 9.17) is 0 Å². The second-order valence-electron chi connectivity index (χ2n) is 5.51. The molecule has 0 saturated heterocycles. The average Bonchev–Trinajstić information content (AvgIpc) is 2.98. The molecule has 3 rings (SSSR count). The molecular formula is C17H18N4O3. The monoisotopic (exact) mass is 326 g/mol. The third kappa shape index (κ3) is 3.62. The number of aryl methyl sites for hydroxylation is 1. The van der Waals surface area contributed by atoms with Crippen LogP contribution < -0.4 is 16.6 Å². The first-order valence-electron chi connectivity index (χ1n) is 7.74. The van der Waals surface area contributed by atoms with Gasteiger partial charge in [-0.15, -0.1) is 0 Å². The molecule has 2 heterocycles. The summed E-state index contributed by atoms with van der Waals surface area (Å²) in [5.74, 6) is -0.262. The molecule has 0 aliphatic carbocycles. The highest BCUT2D eigenvalue weighted by Gasteiger charge is 2.05. The van der Waals surface area contributed by atoms with Gasteiger partial charge in [0.25, 0.3) is 5.56 Å². The van der Waals surface area contributed by atoms with Crippen LogP contribution in [-0.4, -0.2) is 26.6 Å². The van der Waals surface area contributed by atoms with Gasteiger partial charge in [0, 0.05) is 37.1 Å². The van der Waals surface area contributed by atoms with E-state index >= 15 is 0 Å². The Morgan fingerprint density at radius 1 is 1.04 bits per heavy atom. The van der Waals surface area contributed by atoms with Gasteiger partial charge in [0.1, 0.15) is 6.54 Å². The molecule has 0 radical (unpaired) electrons. The summed E-state index contributed by atoms with van der Waals surface area (Å²) in [5.41, 5.74) is 0.107. The molecule has 124 valence electrons. The van der Waals surface area contributed by atoms with Crippen LogP contribution in [0.5, 0.6) is 0 Å². The summed E-state index contributed by atoms with van der Waals surface area (Å²) in [4.78, 5) is 36.5. The molecule has 7 nitrogen and oxygen atoms in total. The second kappa shape index (κ2) is 6.99. The molecule has 0 spiro atoms. The van der Waals surface area contributed by atoms with E-state index in [1.54, 1.807) is 0 Å². The summed E-state index contributed by atoms with van der Waals surface area (Å²) in [6, 6.07) is 11.4. The number of nitrogens with one attached hydrogen (secondary N) is 2. The van der Waals surface area contributed by atoms with Gasteiger partial charge in [-0.05, 0) is 23.9 Å². The van der Waals surface area contributed by atoms with Crippen LogP contribution in [0.1, 0.15) is 6.42 Å². The Hall–Kier alpha value is -3.09. The highest BCUT2D eigenvalue weighted by atomic mass is 16.2. The fraction of sp³-hybridized carbons (Fsp3) is 0.235. The third-order valence-electron chi connectivity index (χ3n) is 3.79. The molecule has 1 amide bonds. The number of amides is 1. The van der Waals surface area contributed by atoms with Gasteiger partial charge in [-0.3, -0.25) is 19.1 Å². The highest BCUT2D eigenvalue weighted by molar-refractivity contribution is 5.79. The number of hydrogen-bond acceptors (Lipinski definition) is 3. The van der Waals surface area contributed by atoms with Gasteiger partial charge in [-0.1, -0.05) is 18.2 Å².